The fraction of sp³-hybridized carbons (Fsp3) is 0.562. The van der Waals surface area contributed by atoms with E-state index in [0.717, 1.165) is 11.3 Å². The van der Waals surface area contributed by atoms with Gasteiger partial charge in [0.05, 0.1) is 0 Å². The van der Waals surface area contributed by atoms with Gasteiger partial charge >= 0.3 is 0 Å². The van der Waals surface area contributed by atoms with Gasteiger partial charge in [-0.25, -0.2) is 0 Å². The van der Waals surface area contributed by atoms with Crippen LogP contribution in [-0.4, -0.2) is 29.5 Å². The van der Waals surface area contributed by atoms with Crippen molar-refractivity contribution in [3.05, 3.63) is 29.3 Å². The van der Waals surface area contributed by atoms with E-state index in [1.165, 1.54) is 24.2 Å². The molecule has 1 aliphatic rings. The Hall–Kier alpha value is -1.16. The molecular formula is C16H24N2OS. The maximum atomic E-state index is 11.9. The van der Waals surface area contributed by atoms with Crippen molar-refractivity contribution in [3.63, 3.8) is 0 Å². The molecule has 1 saturated heterocycles. The summed E-state index contributed by atoms with van der Waals surface area (Å²) in [5.41, 5.74) is 3.02. The van der Waals surface area contributed by atoms with Crippen molar-refractivity contribution >= 4 is 23.4 Å². The zero-order valence-electron chi connectivity index (χ0n) is 12.5. The first-order chi connectivity index (χ1) is 9.61. The SMILES string of the molecule is CCNC(=O)c1ccc(C)c(NC2CCCSC2C)c1. The summed E-state index contributed by atoms with van der Waals surface area (Å²) in [6.07, 6.45) is 2.47. The van der Waals surface area contributed by atoms with Crippen molar-refractivity contribution < 1.29 is 4.79 Å². The number of rotatable bonds is 4. The van der Waals surface area contributed by atoms with Crippen LogP contribution in [0.15, 0.2) is 18.2 Å². The van der Waals surface area contributed by atoms with E-state index >= 15 is 0 Å². The zero-order valence-corrected chi connectivity index (χ0v) is 13.3. The van der Waals surface area contributed by atoms with Crippen LogP contribution in [0.25, 0.3) is 0 Å². The zero-order chi connectivity index (χ0) is 14.5. The van der Waals surface area contributed by atoms with Crippen molar-refractivity contribution in [2.24, 2.45) is 0 Å². The van der Waals surface area contributed by atoms with Crippen LogP contribution in [-0.2, 0) is 0 Å². The molecule has 1 aromatic carbocycles. The number of anilines is 1. The summed E-state index contributed by atoms with van der Waals surface area (Å²) >= 11 is 2.03. The third-order valence-electron chi connectivity index (χ3n) is 3.78. The fourth-order valence-corrected chi connectivity index (χ4v) is 3.64. The molecule has 20 heavy (non-hydrogen) atoms. The van der Waals surface area contributed by atoms with Crippen molar-refractivity contribution in [2.45, 2.75) is 44.9 Å². The van der Waals surface area contributed by atoms with Crippen molar-refractivity contribution in [2.75, 3.05) is 17.6 Å². The van der Waals surface area contributed by atoms with Crippen LogP contribution in [0.5, 0.6) is 0 Å². The molecule has 4 heteroatoms. The highest BCUT2D eigenvalue weighted by molar-refractivity contribution is 8.00. The van der Waals surface area contributed by atoms with Crippen LogP contribution in [0.3, 0.4) is 0 Å². The Bertz CT molecular complexity index is 476. The molecule has 2 rings (SSSR count). The maximum absolute atomic E-state index is 11.9. The summed E-state index contributed by atoms with van der Waals surface area (Å²) in [5, 5.41) is 7.11. The minimum Gasteiger partial charge on any atom is -0.381 e. The van der Waals surface area contributed by atoms with Crippen LogP contribution in [0.1, 0.15) is 42.6 Å². The van der Waals surface area contributed by atoms with Crippen molar-refractivity contribution in [1.29, 1.82) is 0 Å². The minimum absolute atomic E-state index is 0.00150. The Balaban J connectivity index is 2.13. The topological polar surface area (TPSA) is 41.1 Å². The number of amides is 1. The molecule has 0 bridgehead atoms. The second kappa shape index (κ2) is 7.02. The molecule has 0 radical (unpaired) electrons. The van der Waals surface area contributed by atoms with E-state index in [0.29, 0.717) is 17.8 Å². The summed E-state index contributed by atoms with van der Waals surface area (Å²) in [4.78, 5) is 11.9. The molecule has 1 amide bonds. The number of hydrogen-bond donors (Lipinski definition) is 2. The van der Waals surface area contributed by atoms with Crippen LogP contribution < -0.4 is 10.6 Å². The second-order valence-electron chi connectivity index (χ2n) is 5.36. The van der Waals surface area contributed by atoms with E-state index in [2.05, 4.69) is 24.5 Å². The number of carbonyl (C=O) groups is 1. The lowest BCUT2D eigenvalue weighted by Crippen LogP contribution is -2.33. The lowest BCUT2D eigenvalue weighted by molar-refractivity contribution is 0.0956. The van der Waals surface area contributed by atoms with E-state index in [4.69, 9.17) is 0 Å². The molecule has 2 atom stereocenters. The van der Waals surface area contributed by atoms with Crippen molar-refractivity contribution in [1.82, 2.24) is 5.32 Å². The highest BCUT2D eigenvalue weighted by Gasteiger charge is 2.22. The fourth-order valence-electron chi connectivity index (χ4n) is 2.49. The molecule has 1 fully saturated rings. The largest absolute Gasteiger partial charge is 0.381 e. The summed E-state index contributed by atoms with van der Waals surface area (Å²) in [5.74, 6) is 1.26. The Morgan fingerprint density at radius 2 is 2.25 bits per heavy atom. The molecular weight excluding hydrogens is 268 g/mol. The van der Waals surface area contributed by atoms with Gasteiger partial charge in [0.25, 0.3) is 5.91 Å². The molecule has 1 aliphatic heterocycles. The molecule has 110 valence electrons. The van der Waals surface area contributed by atoms with E-state index in [1.807, 2.05) is 36.9 Å². The Morgan fingerprint density at radius 1 is 1.45 bits per heavy atom. The van der Waals surface area contributed by atoms with Gasteiger partial charge in [-0.1, -0.05) is 13.0 Å². The number of benzene rings is 1. The number of aryl methyl sites for hydroxylation is 1. The minimum atomic E-state index is 0.00150. The third kappa shape index (κ3) is 3.69. The predicted molar refractivity (Wildman–Crippen MR) is 87.8 cm³/mol. The predicted octanol–water partition coefficient (Wildman–Crippen LogP) is 3.44. The monoisotopic (exact) mass is 292 g/mol. The van der Waals surface area contributed by atoms with E-state index in [9.17, 15) is 4.79 Å². The first-order valence-electron chi connectivity index (χ1n) is 7.38. The Labute approximate surface area is 125 Å². The highest BCUT2D eigenvalue weighted by Crippen LogP contribution is 2.29. The molecule has 2 N–H and O–H groups in total. The smallest absolute Gasteiger partial charge is 0.251 e. The number of carbonyl (C=O) groups excluding carboxylic acids is 1. The highest BCUT2D eigenvalue weighted by atomic mass is 32.2. The maximum Gasteiger partial charge on any atom is 0.251 e. The van der Waals surface area contributed by atoms with Crippen molar-refractivity contribution in [3.8, 4) is 0 Å². The molecule has 0 saturated carbocycles. The van der Waals surface area contributed by atoms with Gasteiger partial charge in [-0.3, -0.25) is 4.79 Å². The van der Waals surface area contributed by atoms with Gasteiger partial charge in [-0.2, -0.15) is 11.8 Å². The standard InChI is InChI=1S/C16H24N2OS/c1-4-17-16(19)13-8-7-11(2)15(10-13)18-14-6-5-9-20-12(14)3/h7-8,10,12,14,18H,4-6,9H2,1-3H3,(H,17,19). The van der Waals surface area contributed by atoms with Gasteiger partial charge in [-0.15, -0.1) is 0 Å². The van der Waals surface area contributed by atoms with Gasteiger partial charge in [0, 0.05) is 29.1 Å². The second-order valence-corrected chi connectivity index (χ2v) is 6.84. The van der Waals surface area contributed by atoms with E-state index in [1.54, 1.807) is 0 Å². The van der Waals surface area contributed by atoms with Crippen LogP contribution >= 0.6 is 11.8 Å². The van der Waals surface area contributed by atoms with Crippen LogP contribution in [0.2, 0.25) is 0 Å². The molecule has 1 aromatic rings. The van der Waals surface area contributed by atoms with Gasteiger partial charge in [0.2, 0.25) is 0 Å². The quantitative estimate of drug-likeness (QED) is 0.893. The molecule has 3 nitrogen and oxygen atoms in total. The normalized spacial score (nSPS) is 22.4. The number of thioether (sulfide) groups is 1. The third-order valence-corrected chi connectivity index (χ3v) is 5.16. The summed E-state index contributed by atoms with van der Waals surface area (Å²) < 4.78 is 0. The van der Waals surface area contributed by atoms with Gasteiger partial charge < -0.3 is 10.6 Å². The van der Waals surface area contributed by atoms with Gasteiger partial charge in [0.1, 0.15) is 0 Å². The summed E-state index contributed by atoms with van der Waals surface area (Å²) in [6.45, 7) is 6.97. The molecule has 0 spiro atoms. The Kier molecular flexibility index (Phi) is 5.35. The lowest BCUT2D eigenvalue weighted by atomic mass is 10.0. The molecule has 2 unspecified atom stereocenters. The average molecular weight is 292 g/mol. The number of nitrogens with one attached hydrogen (secondary N) is 2. The van der Waals surface area contributed by atoms with Gasteiger partial charge in [-0.05, 0) is 50.1 Å². The van der Waals surface area contributed by atoms with Gasteiger partial charge in [0.15, 0.2) is 0 Å². The first kappa shape index (κ1) is 15.2. The lowest BCUT2D eigenvalue weighted by Gasteiger charge is -2.30. The summed E-state index contributed by atoms with van der Waals surface area (Å²) in [7, 11) is 0. The number of hydrogen-bond acceptors (Lipinski definition) is 3. The first-order valence-corrected chi connectivity index (χ1v) is 8.43. The van der Waals surface area contributed by atoms with E-state index < -0.39 is 0 Å². The van der Waals surface area contributed by atoms with Crippen LogP contribution in [0.4, 0.5) is 5.69 Å². The average Bonchev–Trinajstić information content (AvgIpc) is 2.44. The Morgan fingerprint density at radius 3 is 2.95 bits per heavy atom. The molecule has 0 aliphatic carbocycles. The van der Waals surface area contributed by atoms with Crippen LogP contribution in [0, 0.1) is 6.92 Å². The molecule has 0 aromatic heterocycles. The van der Waals surface area contributed by atoms with E-state index in [-0.39, 0.29) is 5.91 Å². The molecule has 1 heterocycles. The summed E-state index contributed by atoms with van der Waals surface area (Å²) in [6, 6.07) is 6.39.